The lowest BCUT2D eigenvalue weighted by molar-refractivity contribution is -0.136. The topological polar surface area (TPSA) is 48.4 Å². The molecule has 0 bridgehead atoms. The Kier molecular flexibility index (Phi) is 5.25. The number of thiazole rings is 1. The zero-order valence-electron chi connectivity index (χ0n) is 12.4. The smallest absolute Gasteiger partial charge is 0.417 e. The molecule has 0 atom stereocenters. The predicted octanol–water partition coefficient (Wildman–Crippen LogP) is 4.40. The lowest BCUT2D eigenvalue weighted by Gasteiger charge is -2.01. The molecular formula is C15H14F3NO3S. The van der Waals surface area contributed by atoms with Crippen LogP contribution in [0.1, 0.15) is 29.1 Å². The number of carbonyl (C=O) groups is 1. The summed E-state index contributed by atoms with van der Waals surface area (Å²) in [6, 6.07) is 4.13. The summed E-state index contributed by atoms with van der Waals surface area (Å²) in [5.41, 5.74) is 0.599. The molecule has 2 aliphatic carbocycles. The molecule has 0 aromatic carbocycles. The van der Waals surface area contributed by atoms with Crippen LogP contribution in [0.15, 0.2) is 24.4 Å². The molecule has 0 spiro atoms. The van der Waals surface area contributed by atoms with Gasteiger partial charge in [-0.05, 0) is 37.1 Å². The van der Waals surface area contributed by atoms with E-state index in [0.29, 0.717) is 28.8 Å². The van der Waals surface area contributed by atoms with Crippen LogP contribution in [0.5, 0.6) is 5.19 Å². The predicted molar refractivity (Wildman–Crippen MR) is 79.7 cm³/mol. The van der Waals surface area contributed by atoms with Crippen molar-refractivity contribution in [2.24, 2.45) is 0 Å². The van der Waals surface area contributed by atoms with E-state index >= 15 is 0 Å². The summed E-state index contributed by atoms with van der Waals surface area (Å²) in [6.45, 7) is 4.56. The summed E-state index contributed by atoms with van der Waals surface area (Å²) in [5, 5.41) is 0.505. The van der Waals surface area contributed by atoms with Gasteiger partial charge in [0.1, 0.15) is 4.88 Å². The zero-order valence-corrected chi connectivity index (χ0v) is 13.3. The Balaban J connectivity index is 0.000000172. The fourth-order valence-corrected chi connectivity index (χ4v) is 2.46. The molecule has 0 saturated heterocycles. The van der Waals surface area contributed by atoms with Crippen molar-refractivity contribution in [3.63, 3.8) is 0 Å². The van der Waals surface area contributed by atoms with E-state index in [9.17, 15) is 18.0 Å². The Bertz CT molecular complexity index is 698. The number of carbonyl (C=O) groups excluding carboxylic acids is 1. The average molecular weight is 345 g/mol. The number of benzene rings is 1. The van der Waals surface area contributed by atoms with Crippen molar-refractivity contribution in [3.8, 4) is 16.3 Å². The standard InChI is InChI=1S/C8H11NO3S.C7H3F3/c1-3-11-7(10)6-5-9-8(13-6)12-4-2;8-7(9,10)6-2-1-4-3-5(4)6/h5H,3-4H2,1-2H3;1-3H. The second-order valence-electron chi connectivity index (χ2n) is 4.40. The van der Waals surface area contributed by atoms with Crippen LogP contribution >= 0.6 is 11.3 Å². The van der Waals surface area contributed by atoms with Crippen molar-refractivity contribution in [2.45, 2.75) is 20.0 Å². The van der Waals surface area contributed by atoms with Gasteiger partial charge in [0.15, 0.2) is 0 Å². The van der Waals surface area contributed by atoms with E-state index in [0.717, 1.165) is 11.6 Å². The highest BCUT2D eigenvalue weighted by atomic mass is 32.1. The van der Waals surface area contributed by atoms with Crippen molar-refractivity contribution < 1.29 is 27.4 Å². The van der Waals surface area contributed by atoms with Crippen LogP contribution in [0.25, 0.3) is 11.1 Å². The third kappa shape index (κ3) is 4.44. The van der Waals surface area contributed by atoms with Gasteiger partial charge in [-0.15, -0.1) is 0 Å². The second kappa shape index (κ2) is 6.99. The highest BCUT2D eigenvalue weighted by Gasteiger charge is 2.37. The molecule has 1 heterocycles. The first-order valence-electron chi connectivity index (χ1n) is 6.84. The maximum absolute atomic E-state index is 11.9. The molecule has 1 aromatic rings. The van der Waals surface area contributed by atoms with Gasteiger partial charge in [-0.3, -0.25) is 0 Å². The molecule has 0 amide bonds. The van der Waals surface area contributed by atoms with Gasteiger partial charge in [0.05, 0.1) is 25.0 Å². The van der Waals surface area contributed by atoms with E-state index < -0.39 is 11.7 Å². The molecule has 8 heteroatoms. The van der Waals surface area contributed by atoms with Crippen LogP contribution in [0.2, 0.25) is 0 Å². The summed E-state index contributed by atoms with van der Waals surface area (Å²) < 4.78 is 45.6. The maximum atomic E-state index is 11.9. The quantitative estimate of drug-likeness (QED) is 0.658. The van der Waals surface area contributed by atoms with Crippen LogP contribution in [0, 0.1) is 0 Å². The molecule has 2 aliphatic rings. The first-order valence-corrected chi connectivity index (χ1v) is 7.65. The van der Waals surface area contributed by atoms with E-state index in [-0.39, 0.29) is 5.97 Å². The van der Waals surface area contributed by atoms with Crippen molar-refractivity contribution in [1.29, 1.82) is 0 Å². The molecule has 0 aliphatic heterocycles. The van der Waals surface area contributed by atoms with Gasteiger partial charge >= 0.3 is 12.1 Å². The Morgan fingerprint density at radius 1 is 1.26 bits per heavy atom. The van der Waals surface area contributed by atoms with Crippen LogP contribution in [-0.2, 0) is 10.9 Å². The van der Waals surface area contributed by atoms with Gasteiger partial charge in [-0.25, -0.2) is 9.78 Å². The summed E-state index contributed by atoms with van der Waals surface area (Å²) in [5.74, 6) is -0.342. The van der Waals surface area contributed by atoms with Crippen molar-refractivity contribution in [2.75, 3.05) is 13.2 Å². The minimum absolute atomic E-state index is 0.342. The second-order valence-corrected chi connectivity index (χ2v) is 5.40. The Morgan fingerprint density at radius 3 is 2.43 bits per heavy atom. The molecule has 3 rings (SSSR count). The number of nitrogens with zero attached hydrogens (tertiary/aromatic N) is 1. The molecule has 0 fully saturated rings. The van der Waals surface area contributed by atoms with Gasteiger partial charge in [-0.1, -0.05) is 17.4 Å². The SMILES string of the molecule is CCOC(=O)c1cnc(OCC)s1.FC(F)(F)c1ccc2cc1-2. The average Bonchev–Trinajstić information content (AvgIpc) is 2.91. The Morgan fingerprint density at radius 2 is 2.00 bits per heavy atom. The van der Waals surface area contributed by atoms with Crippen molar-refractivity contribution in [1.82, 2.24) is 4.98 Å². The highest BCUT2D eigenvalue weighted by molar-refractivity contribution is 7.15. The van der Waals surface area contributed by atoms with E-state index in [4.69, 9.17) is 9.47 Å². The molecular weight excluding hydrogens is 331 g/mol. The molecule has 0 N–H and O–H groups in total. The normalized spacial score (nSPS) is 11.3. The fourth-order valence-electron chi connectivity index (χ4n) is 1.75. The maximum Gasteiger partial charge on any atom is 0.417 e. The molecule has 0 saturated carbocycles. The number of hydrogen-bond donors (Lipinski definition) is 0. The molecule has 23 heavy (non-hydrogen) atoms. The van der Waals surface area contributed by atoms with Crippen LogP contribution in [0.4, 0.5) is 13.2 Å². The number of rotatable bonds is 4. The van der Waals surface area contributed by atoms with Gasteiger partial charge in [0.2, 0.25) is 0 Å². The number of fused-ring (bicyclic) bond motifs is 1. The Labute approximate surface area is 134 Å². The lowest BCUT2D eigenvalue weighted by Crippen LogP contribution is -2.02. The first-order chi connectivity index (χ1) is 10.9. The van der Waals surface area contributed by atoms with E-state index in [1.165, 1.54) is 29.7 Å². The first kappa shape index (κ1) is 17.3. The fraction of sp³-hybridized carbons (Fsp3) is 0.333. The summed E-state index contributed by atoms with van der Waals surface area (Å²) >= 11 is 1.20. The van der Waals surface area contributed by atoms with Crippen LogP contribution in [0.3, 0.4) is 0 Å². The third-order valence-corrected chi connectivity index (χ3v) is 3.67. The lowest BCUT2D eigenvalue weighted by atomic mass is 10.3. The van der Waals surface area contributed by atoms with Gasteiger partial charge in [0.25, 0.3) is 5.19 Å². The molecule has 0 radical (unpaired) electrons. The minimum Gasteiger partial charge on any atom is -0.470 e. The number of aromatic nitrogens is 1. The van der Waals surface area contributed by atoms with Crippen molar-refractivity contribution >= 4 is 17.3 Å². The molecule has 124 valence electrons. The molecule has 4 nitrogen and oxygen atoms in total. The van der Waals surface area contributed by atoms with E-state index in [1.54, 1.807) is 6.92 Å². The van der Waals surface area contributed by atoms with Gasteiger partial charge in [-0.2, -0.15) is 13.2 Å². The minimum atomic E-state index is -4.17. The van der Waals surface area contributed by atoms with Crippen LogP contribution < -0.4 is 4.74 Å². The van der Waals surface area contributed by atoms with E-state index in [1.807, 2.05) is 6.92 Å². The Hall–Kier alpha value is -2.09. The number of ether oxygens (including phenoxy) is 2. The van der Waals surface area contributed by atoms with Gasteiger partial charge < -0.3 is 9.47 Å². The largest absolute Gasteiger partial charge is 0.470 e. The monoisotopic (exact) mass is 345 g/mol. The summed E-state index contributed by atoms with van der Waals surface area (Å²) in [4.78, 5) is 15.5. The summed E-state index contributed by atoms with van der Waals surface area (Å²) in [6.07, 6.45) is -2.70. The number of alkyl halides is 3. The van der Waals surface area contributed by atoms with E-state index in [2.05, 4.69) is 4.98 Å². The molecule has 1 aromatic heterocycles. The molecule has 0 unspecified atom stereocenters. The zero-order chi connectivity index (χ0) is 17.0. The van der Waals surface area contributed by atoms with Gasteiger partial charge in [0, 0.05) is 0 Å². The third-order valence-electron chi connectivity index (χ3n) is 2.78. The highest BCUT2D eigenvalue weighted by Crippen LogP contribution is 2.45. The number of hydrogen-bond acceptors (Lipinski definition) is 5. The summed E-state index contributed by atoms with van der Waals surface area (Å²) in [7, 11) is 0. The number of halogens is 3. The number of esters is 1. The van der Waals surface area contributed by atoms with Crippen LogP contribution in [-0.4, -0.2) is 24.2 Å². The van der Waals surface area contributed by atoms with Crippen molar-refractivity contribution in [3.05, 3.63) is 34.8 Å².